The Morgan fingerprint density at radius 1 is 1.00 bits per heavy atom. The molecule has 0 aliphatic carbocycles. The summed E-state index contributed by atoms with van der Waals surface area (Å²) in [4.78, 5) is 21.6. The van der Waals surface area contributed by atoms with Crippen LogP contribution >= 0.6 is 15.9 Å². The Hall–Kier alpha value is -2.93. The van der Waals surface area contributed by atoms with E-state index in [1.165, 1.54) is 0 Å². The SMILES string of the molecule is Cc1nc(C(=O)c2ccc(Br)cc2)c2nnn(-c3ccccc3)c2n1. The van der Waals surface area contributed by atoms with Crippen molar-refractivity contribution in [2.75, 3.05) is 0 Å². The van der Waals surface area contributed by atoms with Crippen molar-refractivity contribution in [2.45, 2.75) is 6.92 Å². The molecule has 2 aromatic carbocycles. The molecule has 0 atom stereocenters. The number of aryl methyl sites for hydroxylation is 1. The Labute approximate surface area is 151 Å². The second-order valence-corrected chi connectivity index (χ2v) is 6.38. The van der Waals surface area contributed by atoms with Crippen molar-refractivity contribution in [1.82, 2.24) is 25.0 Å². The van der Waals surface area contributed by atoms with Crippen LogP contribution in [0.25, 0.3) is 16.9 Å². The number of nitrogens with zero attached hydrogens (tertiary/aromatic N) is 5. The summed E-state index contributed by atoms with van der Waals surface area (Å²) in [6.07, 6.45) is 0. The maximum Gasteiger partial charge on any atom is 0.213 e. The van der Waals surface area contributed by atoms with Crippen LogP contribution < -0.4 is 0 Å². The summed E-state index contributed by atoms with van der Waals surface area (Å²) in [5, 5.41) is 8.32. The molecule has 6 nitrogen and oxygen atoms in total. The zero-order valence-electron chi connectivity index (χ0n) is 13.2. The maximum absolute atomic E-state index is 12.9. The van der Waals surface area contributed by atoms with Crippen molar-refractivity contribution in [3.8, 4) is 5.69 Å². The number of benzene rings is 2. The predicted octanol–water partition coefficient (Wildman–Crippen LogP) is 3.51. The molecule has 2 aromatic heterocycles. The Morgan fingerprint density at radius 3 is 2.44 bits per heavy atom. The van der Waals surface area contributed by atoms with Crippen molar-refractivity contribution in [3.05, 3.63) is 76.2 Å². The Balaban J connectivity index is 1.89. The molecule has 0 unspecified atom stereocenters. The lowest BCUT2D eigenvalue weighted by Gasteiger charge is -2.04. The van der Waals surface area contributed by atoms with Crippen LogP contribution in [-0.4, -0.2) is 30.7 Å². The summed E-state index contributed by atoms with van der Waals surface area (Å²) in [6, 6.07) is 16.7. The zero-order chi connectivity index (χ0) is 17.4. The van der Waals surface area contributed by atoms with Crippen LogP contribution in [0, 0.1) is 6.92 Å². The van der Waals surface area contributed by atoms with Gasteiger partial charge in [0, 0.05) is 10.0 Å². The van der Waals surface area contributed by atoms with Gasteiger partial charge in [-0.1, -0.05) is 39.3 Å². The van der Waals surface area contributed by atoms with Crippen molar-refractivity contribution in [3.63, 3.8) is 0 Å². The summed E-state index contributed by atoms with van der Waals surface area (Å²) in [5.74, 6) is 0.288. The van der Waals surface area contributed by atoms with E-state index in [-0.39, 0.29) is 11.5 Å². The van der Waals surface area contributed by atoms with Crippen LogP contribution in [0.5, 0.6) is 0 Å². The van der Waals surface area contributed by atoms with E-state index in [0.29, 0.717) is 22.6 Å². The first-order valence-electron chi connectivity index (χ1n) is 7.59. The Bertz CT molecular complexity index is 1070. The first-order chi connectivity index (χ1) is 12.1. The Kier molecular flexibility index (Phi) is 3.85. The van der Waals surface area contributed by atoms with Crippen LogP contribution in [0.15, 0.2) is 59.1 Å². The summed E-state index contributed by atoms with van der Waals surface area (Å²) in [7, 11) is 0. The highest BCUT2D eigenvalue weighted by Gasteiger charge is 2.20. The first kappa shape index (κ1) is 15.6. The molecular formula is C18H12BrN5O. The average Bonchev–Trinajstić information content (AvgIpc) is 3.05. The van der Waals surface area contributed by atoms with E-state index in [4.69, 9.17) is 0 Å². The van der Waals surface area contributed by atoms with E-state index in [9.17, 15) is 4.79 Å². The van der Waals surface area contributed by atoms with E-state index < -0.39 is 0 Å². The highest BCUT2D eigenvalue weighted by Crippen LogP contribution is 2.20. The fraction of sp³-hybridized carbons (Fsp3) is 0.0556. The number of para-hydroxylation sites is 1. The molecular weight excluding hydrogens is 382 g/mol. The van der Waals surface area contributed by atoms with Crippen molar-refractivity contribution in [2.24, 2.45) is 0 Å². The molecule has 4 rings (SSSR count). The molecule has 0 fully saturated rings. The van der Waals surface area contributed by atoms with Crippen molar-refractivity contribution >= 4 is 32.9 Å². The van der Waals surface area contributed by atoms with Crippen molar-refractivity contribution in [1.29, 1.82) is 0 Å². The van der Waals surface area contributed by atoms with E-state index in [1.807, 2.05) is 42.5 Å². The third kappa shape index (κ3) is 2.83. The summed E-state index contributed by atoms with van der Waals surface area (Å²) in [5.41, 5.74) is 2.52. The molecule has 122 valence electrons. The van der Waals surface area contributed by atoms with Crippen LogP contribution in [0.3, 0.4) is 0 Å². The van der Waals surface area contributed by atoms with Gasteiger partial charge in [-0.05, 0) is 43.3 Å². The average molecular weight is 394 g/mol. The number of carbonyl (C=O) groups excluding carboxylic acids is 1. The molecule has 2 heterocycles. The van der Waals surface area contributed by atoms with Gasteiger partial charge in [0.2, 0.25) is 5.78 Å². The predicted molar refractivity (Wildman–Crippen MR) is 96.8 cm³/mol. The minimum absolute atomic E-state index is 0.205. The van der Waals surface area contributed by atoms with Gasteiger partial charge < -0.3 is 0 Å². The van der Waals surface area contributed by atoms with Crippen LogP contribution in [0.2, 0.25) is 0 Å². The Morgan fingerprint density at radius 2 is 1.72 bits per heavy atom. The molecule has 0 N–H and O–H groups in total. The van der Waals surface area contributed by atoms with Gasteiger partial charge in [0.15, 0.2) is 11.2 Å². The van der Waals surface area contributed by atoms with E-state index in [1.54, 1.807) is 23.7 Å². The second-order valence-electron chi connectivity index (χ2n) is 5.46. The quantitative estimate of drug-likeness (QED) is 0.497. The number of carbonyl (C=O) groups is 1. The van der Waals surface area contributed by atoms with E-state index >= 15 is 0 Å². The van der Waals surface area contributed by atoms with Gasteiger partial charge in [0.1, 0.15) is 11.5 Å². The summed E-state index contributed by atoms with van der Waals surface area (Å²) < 4.78 is 2.52. The van der Waals surface area contributed by atoms with Gasteiger partial charge in [-0.2, -0.15) is 4.68 Å². The smallest absolute Gasteiger partial charge is 0.213 e. The molecule has 0 radical (unpaired) electrons. The molecule has 7 heteroatoms. The lowest BCUT2D eigenvalue weighted by molar-refractivity contribution is 0.103. The normalized spacial score (nSPS) is 11.0. The third-order valence-electron chi connectivity index (χ3n) is 3.73. The van der Waals surface area contributed by atoms with Crippen LogP contribution in [0.1, 0.15) is 21.9 Å². The highest BCUT2D eigenvalue weighted by atomic mass is 79.9. The van der Waals surface area contributed by atoms with E-state index in [2.05, 4.69) is 36.2 Å². The first-order valence-corrected chi connectivity index (χ1v) is 8.38. The minimum Gasteiger partial charge on any atom is -0.287 e. The topological polar surface area (TPSA) is 73.6 Å². The van der Waals surface area contributed by atoms with Gasteiger partial charge in [-0.3, -0.25) is 4.79 Å². The number of rotatable bonds is 3. The minimum atomic E-state index is -0.205. The molecule has 0 saturated heterocycles. The maximum atomic E-state index is 12.9. The lowest BCUT2D eigenvalue weighted by atomic mass is 10.1. The molecule has 25 heavy (non-hydrogen) atoms. The number of hydrogen-bond acceptors (Lipinski definition) is 5. The second kappa shape index (κ2) is 6.18. The third-order valence-corrected chi connectivity index (χ3v) is 4.26. The number of fused-ring (bicyclic) bond motifs is 1. The molecule has 4 aromatic rings. The number of ketones is 1. The molecule has 0 aliphatic heterocycles. The zero-order valence-corrected chi connectivity index (χ0v) is 14.8. The van der Waals surface area contributed by atoms with Gasteiger partial charge in [0.05, 0.1) is 5.69 Å². The lowest BCUT2D eigenvalue weighted by Crippen LogP contribution is -2.08. The van der Waals surface area contributed by atoms with Gasteiger partial charge in [0.25, 0.3) is 0 Å². The molecule has 0 saturated carbocycles. The number of hydrogen-bond donors (Lipinski definition) is 0. The fourth-order valence-electron chi connectivity index (χ4n) is 2.56. The van der Waals surface area contributed by atoms with E-state index in [0.717, 1.165) is 10.2 Å². The fourth-order valence-corrected chi connectivity index (χ4v) is 2.83. The van der Waals surface area contributed by atoms with Crippen LogP contribution in [-0.2, 0) is 0 Å². The molecule has 0 spiro atoms. The van der Waals surface area contributed by atoms with Gasteiger partial charge >= 0.3 is 0 Å². The largest absolute Gasteiger partial charge is 0.287 e. The van der Waals surface area contributed by atoms with Gasteiger partial charge in [-0.15, -0.1) is 5.10 Å². The van der Waals surface area contributed by atoms with Gasteiger partial charge in [-0.25, -0.2) is 9.97 Å². The monoisotopic (exact) mass is 393 g/mol. The standard InChI is InChI=1S/C18H12BrN5O/c1-11-20-15(17(25)12-7-9-13(19)10-8-12)16-18(21-11)24(23-22-16)14-5-3-2-4-6-14/h2-10H,1H3. The van der Waals surface area contributed by atoms with Crippen LogP contribution in [0.4, 0.5) is 0 Å². The summed E-state index contributed by atoms with van der Waals surface area (Å²) >= 11 is 3.37. The molecule has 0 aliphatic rings. The molecule has 0 amide bonds. The summed E-state index contributed by atoms with van der Waals surface area (Å²) in [6.45, 7) is 1.75. The number of aromatic nitrogens is 5. The molecule has 0 bridgehead atoms. The number of halogens is 1. The highest BCUT2D eigenvalue weighted by molar-refractivity contribution is 9.10. The van der Waals surface area contributed by atoms with Crippen molar-refractivity contribution < 1.29 is 4.79 Å².